The molecule has 0 fully saturated rings. The summed E-state index contributed by atoms with van der Waals surface area (Å²) in [7, 11) is 0. The van der Waals surface area contributed by atoms with Gasteiger partial charge in [-0.15, -0.1) is 10.2 Å². The Morgan fingerprint density at radius 2 is 2.00 bits per heavy atom. The number of carbonyl (C=O) groups is 2. The van der Waals surface area contributed by atoms with Gasteiger partial charge in [0.25, 0.3) is 0 Å². The van der Waals surface area contributed by atoms with Gasteiger partial charge < -0.3 is 16.1 Å². The topological polar surface area (TPSA) is 106 Å². The maximum Gasteiger partial charge on any atom is 0.244 e. The van der Waals surface area contributed by atoms with Crippen molar-refractivity contribution in [1.29, 1.82) is 0 Å². The second kappa shape index (κ2) is 9.59. The molecular formula is C19H28N6O2S. The van der Waals surface area contributed by atoms with Crippen molar-refractivity contribution in [2.45, 2.75) is 52.2 Å². The van der Waals surface area contributed by atoms with Crippen molar-refractivity contribution in [3.8, 4) is 0 Å². The molecule has 152 valence electrons. The van der Waals surface area contributed by atoms with Gasteiger partial charge in [-0.2, -0.15) is 0 Å². The van der Waals surface area contributed by atoms with Gasteiger partial charge >= 0.3 is 0 Å². The second-order valence-corrected chi connectivity index (χ2v) is 7.71. The van der Waals surface area contributed by atoms with Crippen LogP contribution in [0.5, 0.6) is 0 Å². The smallest absolute Gasteiger partial charge is 0.244 e. The summed E-state index contributed by atoms with van der Waals surface area (Å²) in [5, 5.41) is 11.2. The maximum atomic E-state index is 12.8. The number of aryl methyl sites for hydroxylation is 2. The molecule has 0 aliphatic carbocycles. The Balaban J connectivity index is 2.03. The molecule has 0 aliphatic heterocycles. The molecule has 0 saturated heterocycles. The van der Waals surface area contributed by atoms with Crippen LogP contribution in [0.3, 0.4) is 0 Å². The molecule has 2 aromatic rings. The van der Waals surface area contributed by atoms with Crippen molar-refractivity contribution < 1.29 is 9.59 Å². The highest BCUT2D eigenvalue weighted by atomic mass is 32.2. The quantitative estimate of drug-likeness (QED) is 0.516. The lowest BCUT2D eigenvalue weighted by Crippen LogP contribution is -2.44. The van der Waals surface area contributed by atoms with Crippen molar-refractivity contribution in [3.63, 3.8) is 0 Å². The van der Waals surface area contributed by atoms with Gasteiger partial charge in [-0.3, -0.25) is 9.59 Å². The van der Waals surface area contributed by atoms with Crippen LogP contribution in [0.1, 0.15) is 37.2 Å². The fourth-order valence-corrected chi connectivity index (χ4v) is 3.39. The van der Waals surface area contributed by atoms with E-state index in [-0.39, 0.29) is 30.2 Å². The summed E-state index contributed by atoms with van der Waals surface area (Å²) in [6.45, 7) is 9.61. The van der Waals surface area contributed by atoms with Gasteiger partial charge in [-0.05, 0) is 51.3 Å². The third kappa shape index (κ3) is 5.25. The number of hydrogen-bond donors (Lipinski definition) is 2. The van der Waals surface area contributed by atoms with Crippen LogP contribution in [0, 0.1) is 20.8 Å². The zero-order valence-electron chi connectivity index (χ0n) is 17.0. The molecule has 1 aromatic carbocycles. The van der Waals surface area contributed by atoms with Crippen LogP contribution >= 0.6 is 11.8 Å². The average Bonchev–Trinajstić information content (AvgIpc) is 2.99. The molecular weight excluding hydrogens is 376 g/mol. The zero-order chi connectivity index (χ0) is 20.8. The minimum absolute atomic E-state index is 0.00384. The van der Waals surface area contributed by atoms with Crippen LogP contribution in [-0.4, -0.2) is 49.9 Å². The first kappa shape index (κ1) is 21.7. The Labute approximate surface area is 169 Å². The summed E-state index contributed by atoms with van der Waals surface area (Å²) < 4.78 is 1.35. The van der Waals surface area contributed by atoms with Gasteiger partial charge in [0.1, 0.15) is 12.4 Å². The van der Waals surface area contributed by atoms with Gasteiger partial charge in [-0.25, -0.2) is 4.68 Å². The summed E-state index contributed by atoms with van der Waals surface area (Å²) in [5.74, 6) is 6.17. The molecule has 0 saturated carbocycles. The first-order chi connectivity index (χ1) is 13.2. The molecule has 0 unspecified atom stereocenters. The molecule has 0 spiro atoms. The number of nitrogens with zero attached hydrogens (tertiary/aromatic N) is 4. The number of hydrogen-bond acceptors (Lipinski definition) is 6. The number of thioether (sulfide) groups is 1. The van der Waals surface area contributed by atoms with Crippen LogP contribution in [0.15, 0.2) is 23.4 Å². The number of amides is 2. The van der Waals surface area contributed by atoms with E-state index in [1.807, 2.05) is 45.9 Å². The standard InChI is InChI=1S/C19H28N6O2S/c1-6-13(3)24(18(27)11-28-19-23-22-15(5)25(19)20)10-17(26)21-16-9-7-8-12(2)14(16)4/h7-9,13H,6,10-11,20H2,1-5H3,(H,21,26)/t13-/m1/s1. The van der Waals surface area contributed by atoms with E-state index in [2.05, 4.69) is 15.5 Å². The minimum Gasteiger partial charge on any atom is -0.336 e. The summed E-state index contributed by atoms with van der Waals surface area (Å²) in [6, 6.07) is 5.70. The van der Waals surface area contributed by atoms with Crippen molar-refractivity contribution in [3.05, 3.63) is 35.2 Å². The number of aromatic nitrogens is 3. The predicted octanol–water partition coefficient (Wildman–Crippen LogP) is 2.28. The van der Waals surface area contributed by atoms with Gasteiger partial charge in [0.05, 0.1) is 5.75 Å². The summed E-state index contributed by atoms with van der Waals surface area (Å²) in [5.41, 5.74) is 2.89. The lowest BCUT2D eigenvalue weighted by atomic mass is 10.1. The lowest BCUT2D eigenvalue weighted by molar-refractivity contribution is -0.134. The fraction of sp³-hybridized carbons (Fsp3) is 0.474. The third-order valence-electron chi connectivity index (χ3n) is 4.80. The van der Waals surface area contributed by atoms with Gasteiger partial charge in [0.2, 0.25) is 17.0 Å². The highest BCUT2D eigenvalue weighted by Gasteiger charge is 2.23. The van der Waals surface area contributed by atoms with Crippen molar-refractivity contribution >= 4 is 29.3 Å². The van der Waals surface area contributed by atoms with E-state index in [0.717, 1.165) is 23.2 Å². The molecule has 9 heteroatoms. The molecule has 8 nitrogen and oxygen atoms in total. The maximum absolute atomic E-state index is 12.8. The second-order valence-electron chi connectivity index (χ2n) is 6.76. The molecule has 3 N–H and O–H groups in total. The number of nitrogen functional groups attached to an aromatic ring is 1. The molecule has 0 aliphatic rings. The first-order valence-electron chi connectivity index (χ1n) is 9.20. The van der Waals surface area contributed by atoms with Crippen LogP contribution in [-0.2, 0) is 9.59 Å². The minimum atomic E-state index is -0.217. The van der Waals surface area contributed by atoms with Crippen molar-refractivity contribution in [2.24, 2.45) is 0 Å². The number of anilines is 1. The predicted molar refractivity (Wildman–Crippen MR) is 112 cm³/mol. The SMILES string of the molecule is CC[C@@H](C)N(CC(=O)Nc1cccc(C)c1C)C(=O)CSc1nnc(C)n1N. The Hall–Kier alpha value is -2.55. The Kier molecular flexibility index (Phi) is 7.45. The molecule has 1 atom stereocenters. The lowest BCUT2D eigenvalue weighted by Gasteiger charge is -2.28. The highest BCUT2D eigenvalue weighted by Crippen LogP contribution is 2.19. The number of nitrogens with one attached hydrogen (secondary N) is 1. The van der Waals surface area contributed by atoms with Gasteiger partial charge in [0, 0.05) is 11.7 Å². The van der Waals surface area contributed by atoms with Crippen molar-refractivity contribution in [2.75, 3.05) is 23.5 Å². The molecule has 0 radical (unpaired) electrons. The number of nitrogens with two attached hydrogens (primary N) is 1. The summed E-state index contributed by atoms with van der Waals surface area (Å²) >= 11 is 1.21. The van der Waals surface area contributed by atoms with Crippen molar-refractivity contribution in [1.82, 2.24) is 19.8 Å². The first-order valence-corrected chi connectivity index (χ1v) is 10.2. The van der Waals surface area contributed by atoms with Crippen LogP contribution in [0.25, 0.3) is 0 Å². The van der Waals surface area contributed by atoms with Crippen LogP contribution in [0.4, 0.5) is 5.69 Å². The Bertz CT molecular complexity index is 851. The molecule has 2 amide bonds. The fourth-order valence-electron chi connectivity index (χ4n) is 2.60. The largest absolute Gasteiger partial charge is 0.336 e. The summed E-state index contributed by atoms with van der Waals surface area (Å²) in [4.78, 5) is 27.0. The van der Waals surface area contributed by atoms with Gasteiger partial charge in [-0.1, -0.05) is 30.8 Å². The third-order valence-corrected chi connectivity index (χ3v) is 5.72. The summed E-state index contributed by atoms with van der Waals surface area (Å²) in [6.07, 6.45) is 0.749. The molecule has 1 heterocycles. The van der Waals surface area contributed by atoms with E-state index in [4.69, 9.17) is 5.84 Å². The number of carbonyl (C=O) groups excluding carboxylic acids is 2. The van der Waals surface area contributed by atoms with Gasteiger partial charge in [0.15, 0.2) is 0 Å². The molecule has 2 rings (SSSR count). The van der Waals surface area contributed by atoms with E-state index in [9.17, 15) is 9.59 Å². The molecule has 28 heavy (non-hydrogen) atoms. The highest BCUT2D eigenvalue weighted by molar-refractivity contribution is 7.99. The Morgan fingerprint density at radius 3 is 2.61 bits per heavy atom. The van der Waals surface area contributed by atoms with Crippen LogP contribution < -0.4 is 11.2 Å². The van der Waals surface area contributed by atoms with E-state index in [1.165, 1.54) is 16.4 Å². The zero-order valence-corrected chi connectivity index (χ0v) is 17.8. The molecule has 0 bridgehead atoms. The van der Waals surface area contributed by atoms with E-state index in [1.54, 1.807) is 11.8 Å². The normalized spacial score (nSPS) is 11.9. The van der Waals surface area contributed by atoms with E-state index < -0.39 is 0 Å². The van der Waals surface area contributed by atoms with E-state index >= 15 is 0 Å². The van der Waals surface area contributed by atoms with E-state index in [0.29, 0.717) is 11.0 Å². The Morgan fingerprint density at radius 1 is 1.29 bits per heavy atom. The average molecular weight is 405 g/mol. The number of rotatable bonds is 8. The monoisotopic (exact) mass is 404 g/mol. The number of benzene rings is 1. The van der Waals surface area contributed by atoms with Crippen LogP contribution in [0.2, 0.25) is 0 Å². The molecule has 1 aromatic heterocycles.